The van der Waals surface area contributed by atoms with Gasteiger partial charge in [-0.3, -0.25) is 18.8 Å². The van der Waals surface area contributed by atoms with E-state index in [9.17, 15) is 19.5 Å². The lowest BCUT2D eigenvalue weighted by Gasteiger charge is -2.51. The first-order valence-electron chi connectivity index (χ1n) is 6.75. The smallest absolute Gasteiger partial charge is 0.352 e. The molecular formula is C13H14N4O4S2. The SMILES string of the molecule is CC(=O)N(Sc1nccn1C)[C@@H]1C(=O)N2C(C(=O)O)=CCS[C@H]12. The Morgan fingerprint density at radius 1 is 1.52 bits per heavy atom. The maximum Gasteiger partial charge on any atom is 0.352 e. The second-order valence-electron chi connectivity index (χ2n) is 5.03. The Morgan fingerprint density at radius 2 is 2.26 bits per heavy atom. The van der Waals surface area contributed by atoms with Gasteiger partial charge in [-0.05, 0) is 6.08 Å². The van der Waals surface area contributed by atoms with Crippen LogP contribution in [0.15, 0.2) is 29.3 Å². The Kier molecular flexibility index (Phi) is 4.11. The Hall–Kier alpha value is -1.94. The van der Waals surface area contributed by atoms with E-state index < -0.39 is 12.0 Å². The van der Waals surface area contributed by atoms with Gasteiger partial charge >= 0.3 is 5.97 Å². The molecule has 23 heavy (non-hydrogen) atoms. The van der Waals surface area contributed by atoms with Gasteiger partial charge in [-0.15, -0.1) is 11.8 Å². The molecule has 1 fully saturated rings. The summed E-state index contributed by atoms with van der Waals surface area (Å²) < 4.78 is 3.13. The van der Waals surface area contributed by atoms with E-state index in [0.717, 1.165) is 11.9 Å². The number of thioether (sulfide) groups is 1. The Balaban J connectivity index is 1.84. The monoisotopic (exact) mass is 354 g/mol. The van der Waals surface area contributed by atoms with Crippen LogP contribution in [0.2, 0.25) is 0 Å². The number of hydrogen-bond acceptors (Lipinski definition) is 6. The van der Waals surface area contributed by atoms with Crippen molar-refractivity contribution in [1.82, 2.24) is 18.8 Å². The van der Waals surface area contributed by atoms with Crippen molar-refractivity contribution in [2.75, 3.05) is 5.75 Å². The number of carbonyl (C=O) groups excluding carboxylic acids is 2. The number of β-lactam (4-membered cyclic amide) rings is 1. The van der Waals surface area contributed by atoms with Crippen molar-refractivity contribution >= 4 is 41.5 Å². The molecule has 2 aliphatic rings. The van der Waals surface area contributed by atoms with Gasteiger partial charge in [0.2, 0.25) is 5.91 Å². The minimum atomic E-state index is -1.13. The number of fused-ring (bicyclic) bond motifs is 1. The van der Waals surface area contributed by atoms with Crippen LogP contribution in [0, 0.1) is 0 Å². The molecule has 3 heterocycles. The van der Waals surface area contributed by atoms with Crippen molar-refractivity contribution in [2.45, 2.75) is 23.5 Å². The normalized spacial score (nSPS) is 23.0. The molecular weight excluding hydrogens is 340 g/mol. The van der Waals surface area contributed by atoms with Crippen LogP contribution in [-0.2, 0) is 21.4 Å². The number of rotatable bonds is 4. The average molecular weight is 354 g/mol. The zero-order chi connectivity index (χ0) is 16.7. The van der Waals surface area contributed by atoms with Gasteiger partial charge in [-0.1, -0.05) is 0 Å². The molecule has 1 aromatic rings. The first kappa shape index (κ1) is 15.9. The third-order valence-corrected chi connectivity index (χ3v) is 5.96. The highest BCUT2D eigenvalue weighted by Crippen LogP contribution is 2.42. The fraction of sp³-hybridized carbons (Fsp3) is 0.385. The van der Waals surface area contributed by atoms with Gasteiger partial charge in [0.05, 0.1) is 0 Å². The molecule has 1 saturated heterocycles. The number of carboxylic acid groups (broad SMARTS) is 1. The summed E-state index contributed by atoms with van der Waals surface area (Å²) in [6.07, 6.45) is 4.87. The minimum Gasteiger partial charge on any atom is -0.477 e. The van der Waals surface area contributed by atoms with Crippen molar-refractivity contribution in [2.24, 2.45) is 7.05 Å². The molecule has 2 atom stereocenters. The predicted molar refractivity (Wildman–Crippen MR) is 84.2 cm³/mol. The molecule has 10 heteroatoms. The summed E-state index contributed by atoms with van der Waals surface area (Å²) in [6, 6.07) is -0.692. The zero-order valence-electron chi connectivity index (χ0n) is 12.4. The highest BCUT2D eigenvalue weighted by molar-refractivity contribution is 8.00. The van der Waals surface area contributed by atoms with Crippen molar-refractivity contribution in [3.05, 3.63) is 24.2 Å². The summed E-state index contributed by atoms with van der Waals surface area (Å²) in [6.45, 7) is 1.38. The van der Waals surface area contributed by atoms with Crippen molar-refractivity contribution in [3.8, 4) is 0 Å². The van der Waals surface area contributed by atoms with Gasteiger partial charge in [0.15, 0.2) is 11.2 Å². The predicted octanol–water partition coefficient (Wildman–Crippen LogP) is 0.528. The highest BCUT2D eigenvalue weighted by Gasteiger charge is 2.56. The van der Waals surface area contributed by atoms with Crippen LogP contribution in [0.3, 0.4) is 0 Å². The first-order chi connectivity index (χ1) is 10.9. The molecule has 2 aliphatic heterocycles. The Labute approximate surface area is 140 Å². The number of aromatic nitrogens is 2. The van der Waals surface area contributed by atoms with Gasteiger partial charge in [0.1, 0.15) is 11.1 Å². The molecule has 0 unspecified atom stereocenters. The molecule has 122 valence electrons. The molecule has 0 radical (unpaired) electrons. The van der Waals surface area contributed by atoms with E-state index in [2.05, 4.69) is 4.98 Å². The van der Waals surface area contributed by atoms with E-state index in [1.807, 2.05) is 0 Å². The lowest BCUT2D eigenvalue weighted by molar-refractivity contribution is -0.154. The summed E-state index contributed by atoms with van der Waals surface area (Å²) in [5.41, 5.74) is -0.0134. The highest BCUT2D eigenvalue weighted by atomic mass is 32.2. The molecule has 0 spiro atoms. The largest absolute Gasteiger partial charge is 0.477 e. The van der Waals surface area contributed by atoms with Crippen molar-refractivity contribution < 1.29 is 19.5 Å². The quantitative estimate of drug-likeness (QED) is 0.622. The number of nitrogens with zero attached hydrogens (tertiary/aromatic N) is 4. The number of aryl methyl sites for hydroxylation is 1. The molecule has 0 bridgehead atoms. The number of hydrogen-bond donors (Lipinski definition) is 1. The molecule has 3 rings (SSSR count). The number of carboxylic acids is 1. The average Bonchev–Trinajstić information content (AvgIpc) is 2.90. The maximum absolute atomic E-state index is 12.4. The minimum absolute atomic E-state index is 0.0134. The molecule has 0 aliphatic carbocycles. The third kappa shape index (κ3) is 2.61. The van der Waals surface area contributed by atoms with Crippen LogP contribution in [0.5, 0.6) is 0 Å². The van der Waals surface area contributed by atoms with Gasteiger partial charge < -0.3 is 9.67 Å². The summed E-state index contributed by atoms with van der Waals surface area (Å²) >= 11 is 2.53. The molecule has 0 saturated carbocycles. The summed E-state index contributed by atoms with van der Waals surface area (Å²) in [4.78, 5) is 41.1. The van der Waals surface area contributed by atoms with E-state index in [0.29, 0.717) is 10.9 Å². The van der Waals surface area contributed by atoms with Crippen LogP contribution in [0.1, 0.15) is 6.92 Å². The Morgan fingerprint density at radius 3 is 2.83 bits per heavy atom. The van der Waals surface area contributed by atoms with Crippen molar-refractivity contribution in [1.29, 1.82) is 0 Å². The number of aliphatic carboxylic acids is 1. The standard InChI is InChI=1S/C13H14N4O4S2/c1-7(18)17(23-13-14-4-5-15(13)2)9-10(19)16-8(12(20)21)3-6-22-11(9)16/h3-5,9,11H,6H2,1-2H3,(H,20,21)/t9-,11-/m1/s1. The zero-order valence-corrected chi connectivity index (χ0v) is 14.0. The van der Waals surface area contributed by atoms with E-state index in [1.165, 1.54) is 34.0 Å². The van der Waals surface area contributed by atoms with E-state index in [4.69, 9.17) is 0 Å². The summed E-state index contributed by atoms with van der Waals surface area (Å²) in [5.74, 6) is -1.30. The van der Waals surface area contributed by atoms with E-state index in [1.54, 1.807) is 24.0 Å². The maximum atomic E-state index is 12.4. The molecule has 1 aromatic heterocycles. The second kappa shape index (κ2) is 5.93. The fourth-order valence-corrected chi connectivity index (χ4v) is 4.68. The van der Waals surface area contributed by atoms with Gasteiger partial charge in [0.25, 0.3) is 5.91 Å². The first-order valence-corrected chi connectivity index (χ1v) is 8.57. The van der Waals surface area contributed by atoms with Crippen LogP contribution >= 0.6 is 23.7 Å². The molecule has 1 N–H and O–H groups in total. The van der Waals surface area contributed by atoms with Gasteiger partial charge in [0, 0.05) is 44.1 Å². The van der Waals surface area contributed by atoms with Crippen LogP contribution in [0.25, 0.3) is 0 Å². The van der Waals surface area contributed by atoms with E-state index in [-0.39, 0.29) is 22.9 Å². The number of imidazole rings is 1. The summed E-state index contributed by atoms with van der Waals surface area (Å²) in [7, 11) is 1.79. The second-order valence-corrected chi connectivity index (χ2v) is 7.12. The topological polar surface area (TPSA) is 95.7 Å². The molecule has 2 amide bonds. The fourth-order valence-electron chi connectivity index (χ4n) is 2.45. The molecule has 8 nitrogen and oxygen atoms in total. The van der Waals surface area contributed by atoms with Crippen LogP contribution in [0.4, 0.5) is 0 Å². The van der Waals surface area contributed by atoms with Crippen LogP contribution in [-0.4, -0.2) is 58.8 Å². The Bertz CT molecular complexity index is 717. The number of carbonyl (C=O) groups is 3. The lowest BCUT2D eigenvalue weighted by atomic mass is 10.1. The van der Waals surface area contributed by atoms with Crippen molar-refractivity contribution in [3.63, 3.8) is 0 Å². The number of amides is 2. The van der Waals surface area contributed by atoms with Gasteiger partial charge in [-0.25, -0.2) is 9.78 Å². The summed E-state index contributed by atoms with van der Waals surface area (Å²) in [5, 5.41) is 9.39. The lowest BCUT2D eigenvalue weighted by Crippen LogP contribution is -2.69. The molecule has 0 aromatic carbocycles. The van der Waals surface area contributed by atoms with Crippen LogP contribution < -0.4 is 0 Å². The van der Waals surface area contributed by atoms with Gasteiger partial charge in [-0.2, -0.15) is 0 Å². The third-order valence-electron chi connectivity index (χ3n) is 3.56. The van der Waals surface area contributed by atoms with E-state index >= 15 is 0 Å².